The van der Waals surface area contributed by atoms with E-state index in [2.05, 4.69) is 34.3 Å². The maximum Gasteiger partial charge on any atom is 0.179 e. The highest BCUT2D eigenvalue weighted by Crippen LogP contribution is 2.17. The van der Waals surface area contributed by atoms with Crippen LogP contribution in [0.15, 0.2) is 24.3 Å². The molecule has 1 unspecified atom stereocenters. The Morgan fingerprint density at radius 3 is 2.26 bits per heavy atom. The van der Waals surface area contributed by atoms with Gasteiger partial charge in [-0.05, 0) is 45.3 Å². The predicted octanol–water partition coefficient (Wildman–Crippen LogP) is 1.23. The van der Waals surface area contributed by atoms with E-state index in [0.29, 0.717) is 0 Å². The number of hydrogen-bond donors (Lipinski definition) is 1. The average molecular weight is 261 g/mol. The highest BCUT2D eigenvalue weighted by molar-refractivity contribution is 6.00. The molecule has 1 heterocycles. The molecular weight excluding hydrogens is 238 g/mol. The number of carbonyl (C=O) groups excluding carboxylic acids is 1. The van der Waals surface area contributed by atoms with E-state index in [-0.39, 0.29) is 11.8 Å². The van der Waals surface area contributed by atoms with Crippen molar-refractivity contribution in [2.75, 3.05) is 45.2 Å². The molecule has 1 fully saturated rings. The van der Waals surface area contributed by atoms with Crippen molar-refractivity contribution in [3.63, 3.8) is 0 Å². The van der Waals surface area contributed by atoms with Gasteiger partial charge in [-0.2, -0.15) is 0 Å². The van der Waals surface area contributed by atoms with Crippen molar-refractivity contribution in [3.05, 3.63) is 29.8 Å². The van der Waals surface area contributed by atoms with Crippen molar-refractivity contribution < 1.29 is 4.79 Å². The van der Waals surface area contributed by atoms with E-state index in [0.717, 1.165) is 31.7 Å². The van der Waals surface area contributed by atoms with Crippen molar-refractivity contribution in [2.45, 2.75) is 13.0 Å². The summed E-state index contributed by atoms with van der Waals surface area (Å²) in [6.07, 6.45) is 0. The van der Waals surface area contributed by atoms with E-state index in [4.69, 9.17) is 0 Å². The van der Waals surface area contributed by atoms with Crippen LogP contribution < -0.4 is 10.2 Å². The number of Topliss-reactive ketones (excluding diaryl/α,β-unsaturated/α-hetero) is 1. The zero-order chi connectivity index (χ0) is 13.8. The molecule has 1 aromatic rings. The quantitative estimate of drug-likeness (QED) is 0.827. The zero-order valence-corrected chi connectivity index (χ0v) is 12.0. The Morgan fingerprint density at radius 2 is 1.74 bits per heavy atom. The molecule has 0 amide bonds. The minimum Gasteiger partial charge on any atom is -0.369 e. The Labute approximate surface area is 115 Å². The fourth-order valence-electron chi connectivity index (χ4n) is 2.28. The molecule has 104 valence electrons. The molecule has 0 saturated carbocycles. The van der Waals surface area contributed by atoms with Gasteiger partial charge in [0.1, 0.15) is 0 Å². The Hall–Kier alpha value is -1.39. The minimum atomic E-state index is -0.130. The van der Waals surface area contributed by atoms with Crippen LogP contribution >= 0.6 is 0 Å². The SMILES string of the molecule is CNC(C)C(=O)c1ccc(N2CCN(C)CC2)cc1. The number of likely N-dealkylation sites (N-methyl/N-ethyl adjacent to an activating group) is 2. The molecule has 1 aliphatic rings. The summed E-state index contributed by atoms with van der Waals surface area (Å²) in [6, 6.07) is 7.85. The third-order valence-electron chi connectivity index (χ3n) is 3.85. The second-order valence-corrected chi connectivity index (χ2v) is 5.21. The van der Waals surface area contributed by atoms with Crippen LogP contribution in [-0.4, -0.2) is 57.0 Å². The molecule has 4 heteroatoms. The van der Waals surface area contributed by atoms with Gasteiger partial charge in [0, 0.05) is 37.4 Å². The van der Waals surface area contributed by atoms with Crippen LogP contribution in [0.4, 0.5) is 5.69 Å². The van der Waals surface area contributed by atoms with Gasteiger partial charge in [-0.3, -0.25) is 4.79 Å². The zero-order valence-electron chi connectivity index (χ0n) is 12.0. The summed E-state index contributed by atoms with van der Waals surface area (Å²) in [7, 11) is 3.96. The minimum absolute atomic E-state index is 0.130. The second-order valence-electron chi connectivity index (χ2n) is 5.21. The fourth-order valence-corrected chi connectivity index (χ4v) is 2.28. The normalized spacial score (nSPS) is 18.4. The van der Waals surface area contributed by atoms with Crippen molar-refractivity contribution in [1.82, 2.24) is 10.2 Å². The van der Waals surface area contributed by atoms with Gasteiger partial charge < -0.3 is 15.1 Å². The molecule has 1 atom stereocenters. The lowest BCUT2D eigenvalue weighted by Crippen LogP contribution is -2.44. The molecule has 0 spiro atoms. The van der Waals surface area contributed by atoms with E-state index in [1.165, 1.54) is 5.69 Å². The summed E-state index contributed by atoms with van der Waals surface area (Å²) < 4.78 is 0. The van der Waals surface area contributed by atoms with Gasteiger partial charge >= 0.3 is 0 Å². The molecular formula is C15H23N3O. The van der Waals surface area contributed by atoms with Crippen molar-refractivity contribution in [1.29, 1.82) is 0 Å². The third kappa shape index (κ3) is 3.33. The average Bonchev–Trinajstić information content (AvgIpc) is 2.46. The lowest BCUT2D eigenvalue weighted by Gasteiger charge is -2.34. The molecule has 4 nitrogen and oxygen atoms in total. The standard InChI is InChI=1S/C15H23N3O/c1-12(16-2)15(19)13-4-6-14(7-5-13)18-10-8-17(3)9-11-18/h4-7,12,16H,8-11H2,1-3H3. The monoisotopic (exact) mass is 261 g/mol. The molecule has 1 aromatic carbocycles. The Balaban J connectivity index is 2.04. The van der Waals surface area contributed by atoms with Crippen LogP contribution in [0, 0.1) is 0 Å². The summed E-state index contributed by atoms with van der Waals surface area (Å²) in [5.41, 5.74) is 1.99. The first-order valence-electron chi connectivity index (χ1n) is 6.87. The van der Waals surface area contributed by atoms with Crippen molar-refractivity contribution >= 4 is 11.5 Å². The smallest absolute Gasteiger partial charge is 0.179 e. The van der Waals surface area contributed by atoms with E-state index >= 15 is 0 Å². The van der Waals surface area contributed by atoms with Crippen LogP contribution in [0.3, 0.4) is 0 Å². The summed E-state index contributed by atoms with van der Waals surface area (Å²) >= 11 is 0. The number of ketones is 1. The lowest BCUT2D eigenvalue weighted by molar-refractivity contribution is 0.0955. The van der Waals surface area contributed by atoms with Gasteiger partial charge in [0.05, 0.1) is 6.04 Å². The molecule has 0 aliphatic carbocycles. The maximum absolute atomic E-state index is 12.0. The van der Waals surface area contributed by atoms with Gasteiger partial charge in [0.2, 0.25) is 0 Å². The van der Waals surface area contributed by atoms with E-state index in [9.17, 15) is 4.79 Å². The highest BCUT2D eigenvalue weighted by atomic mass is 16.1. The summed E-state index contributed by atoms with van der Waals surface area (Å²) in [5, 5.41) is 2.98. The molecule has 19 heavy (non-hydrogen) atoms. The molecule has 0 radical (unpaired) electrons. The van der Waals surface area contributed by atoms with E-state index < -0.39 is 0 Å². The van der Waals surface area contributed by atoms with Gasteiger partial charge in [-0.1, -0.05) is 0 Å². The molecule has 1 N–H and O–H groups in total. The lowest BCUT2D eigenvalue weighted by atomic mass is 10.0. The number of nitrogens with one attached hydrogen (secondary N) is 1. The number of benzene rings is 1. The summed E-state index contributed by atoms with van der Waals surface area (Å²) in [5.74, 6) is 0.146. The number of piperazine rings is 1. The van der Waals surface area contributed by atoms with Crippen molar-refractivity contribution in [3.8, 4) is 0 Å². The number of rotatable bonds is 4. The van der Waals surface area contributed by atoms with Crippen LogP contribution in [0.5, 0.6) is 0 Å². The third-order valence-corrected chi connectivity index (χ3v) is 3.85. The van der Waals surface area contributed by atoms with Crippen LogP contribution in [0.1, 0.15) is 17.3 Å². The Kier molecular flexibility index (Phi) is 4.56. The summed E-state index contributed by atoms with van der Waals surface area (Å²) in [4.78, 5) is 16.7. The number of anilines is 1. The van der Waals surface area contributed by atoms with Gasteiger partial charge in [-0.25, -0.2) is 0 Å². The first kappa shape index (κ1) is 14.0. The topological polar surface area (TPSA) is 35.6 Å². The van der Waals surface area contributed by atoms with Gasteiger partial charge in [-0.15, -0.1) is 0 Å². The largest absolute Gasteiger partial charge is 0.369 e. The maximum atomic E-state index is 12.0. The van der Waals surface area contributed by atoms with Gasteiger partial charge in [0.15, 0.2) is 5.78 Å². The number of hydrogen-bond acceptors (Lipinski definition) is 4. The molecule has 1 aliphatic heterocycles. The molecule has 0 aromatic heterocycles. The van der Waals surface area contributed by atoms with Crippen molar-refractivity contribution in [2.24, 2.45) is 0 Å². The second kappa shape index (κ2) is 6.17. The first-order chi connectivity index (χ1) is 9.11. The van der Waals surface area contributed by atoms with Crippen LogP contribution in [0.2, 0.25) is 0 Å². The number of carbonyl (C=O) groups is 1. The molecule has 1 saturated heterocycles. The van der Waals surface area contributed by atoms with E-state index in [1.807, 2.05) is 19.1 Å². The summed E-state index contributed by atoms with van der Waals surface area (Å²) in [6.45, 7) is 6.18. The Morgan fingerprint density at radius 1 is 1.16 bits per heavy atom. The highest BCUT2D eigenvalue weighted by Gasteiger charge is 2.16. The molecule has 0 bridgehead atoms. The molecule has 2 rings (SSSR count). The first-order valence-corrected chi connectivity index (χ1v) is 6.87. The fraction of sp³-hybridized carbons (Fsp3) is 0.533. The van der Waals surface area contributed by atoms with Crippen LogP contribution in [0.25, 0.3) is 0 Å². The van der Waals surface area contributed by atoms with E-state index in [1.54, 1.807) is 7.05 Å². The number of nitrogens with zero attached hydrogens (tertiary/aromatic N) is 2. The van der Waals surface area contributed by atoms with Gasteiger partial charge in [0.25, 0.3) is 0 Å². The Bertz CT molecular complexity index is 422. The van der Waals surface area contributed by atoms with Crippen LogP contribution in [-0.2, 0) is 0 Å². The predicted molar refractivity (Wildman–Crippen MR) is 79.0 cm³/mol.